The number of thiazole rings is 1. The molecule has 2 rings (SSSR count). The third kappa shape index (κ3) is 1.91. The molecule has 14 heavy (non-hydrogen) atoms. The Morgan fingerprint density at radius 1 is 1.29 bits per heavy atom. The predicted octanol–water partition coefficient (Wildman–Crippen LogP) is 2.87. The summed E-state index contributed by atoms with van der Waals surface area (Å²) in [5.74, 6) is 0.679. The fraction of sp³-hybridized carbons (Fsp3) is 0.222. The summed E-state index contributed by atoms with van der Waals surface area (Å²) in [5, 5.41) is 1.49. The molecule has 3 nitrogen and oxygen atoms in total. The number of hydrogen-bond acceptors (Lipinski definition) is 4. The van der Waals surface area contributed by atoms with Gasteiger partial charge >= 0.3 is 0 Å². The maximum absolute atomic E-state index is 5.84. The molecule has 2 heterocycles. The van der Waals surface area contributed by atoms with Crippen LogP contribution in [0.15, 0.2) is 12.3 Å². The summed E-state index contributed by atoms with van der Waals surface area (Å²) in [5.41, 5.74) is 0.841. The second-order valence-corrected chi connectivity index (χ2v) is 4.49. The van der Waals surface area contributed by atoms with Gasteiger partial charge in [-0.25, -0.2) is 15.0 Å². The standard InChI is InChI=1S/C9H8ClN3S/c1-5-12-7(3-9(10)13-5)8-4-11-6(2)14-8/h3-4H,1-2H3. The normalized spacial score (nSPS) is 10.5. The SMILES string of the molecule is Cc1nc(Cl)cc(-c2cnc(C)s2)n1. The zero-order valence-electron chi connectivity index (χ0n) is 7.78. The minimum atomic E-state index is 0.471. The van der Waals surface area contributed by atoms with Crippen molar-refractivity contribution in [1.82, 2.24) is 15.0 Å². The zero-order valence-corrected chi connectivity index (χ0v) is 9.35. The maximum Gasteiger partial charge on any atom is 0.133 e. The van der Waals surface area contributed by atoms with Gasteiger partial charge in [0.05, 0.1) is 15.6 Å². The second-order valence-electron chi connectivity index (χ2n) is 2.87. The molecule has 0 aliphatic carbocycles. The lowest BCUT2D eigenvalue weighted by Crippen LogP contribution is -1.89. The number of rotatable bonds is 1. The number of halogens is 1. The van der Waals surface area contributed by atoms with Gasteiger partial charge in [-0.2, -0.15) is 0 Å². The van der Waals surface area contributed by atoms with Gasteiger partial charge in [0.25, 0.3) is 0 Å². The van der Waals surface area contributed by atoms with Gasteiger partial charge < -0.3 is 0 Å². The summed E-state index contributed by atoms with van der Waals surface area (Å²) in [6, 6.07) is 1.75. The molecule has 0 aromatic carbocycles. The van der Waals surface area contributed by atoms with Gasteiger partial charge in [0.15, 0.2) is 0 Å². The molecule has 5 heteroatoms. The van der Waals surface area contributed by atoms with E-state index in [0.717, 1.165) is 15.6 Å². The van der Waals surface area contributed by atoms with Crippen LogP contribution in [-0.4, -0.2) is 15.0 Å². The lowest BCUT2D eigenvalue weighted by molar-refractivity contribution is 1.06. The van der Waals surface area contributed by atoms with E-state index in [4.69, 9.17) is 11.6 Å². The molecule has 0 fully saturated rings. The van der Waals surface area contributed by atoms with Crippen LogP contribution in [0.3, 0.4) is 0 Å². The van der Waals surface area contributed by atoms with Crippen molar-refractivity contribution < 1.29 is 0 Å². The number of hydrogen-bond donors (Lipinski definition) is 0. The van der Waals surface area contributed by atoms with Crippen LogP contribution in [0.5, 0.6) is 0 Å². The van der Waals surface area contributed by atoms with Crippen molar-refractivity contribution in [2.24, 2.45) is 0 Å². The molecule has 2 aromatic heterocycles. The van der Waals surface area contributed by atoms with E-state index in [2.05, 4.69) is 15.0 Å². The molecule has 72 valence electrons. The van der Waals surface area contributed by atoms with Crippen LogP contribution in [0.2, 0.25) is 5.15 Å². The van der Waals surface area contributed by atoms with Gasteiger partial charge in [0, 0.05) is 12.3 Å². The Hall–Kier alpha value is -1.00. The summed E-state index contributed by atoms with van der Waals surface area (Å²) in [6.07, 6.45) is 1.80. The van der Waals surface area contributed by atoms with E-state index < -0.39 is 0 Å². The Morgan fingerprint density at radius 2 is 2.07 bits per heavy atom. The molecule has 0 unspecified atom stereocenters. The average molecular weight is 226 g/mol. The minimum Gasteiger partial charge on any atom is -0.249 e. The Morgan fingerprint density at radius 3 is 2.64 bits per heavy atom. The largest absolute Gasteiger partial charge is 0.249 e. The summed E-state index contributed by atoms with van der Waals surface area (Å²) < 4.78 is 0. The van der Waals surface area contributed by atoms with Crippen molar-refractivity contribution in [2.75, 3.05) is 0 Å². The molecule has 0 radical (unpaired) electrons. The first-order valence-corrected chi connectivity index (χ1v) is 5.28. The monoisotopic (exact) mass is 225 g/mol. The van der Waals surface area contributed by atoms with Crippen molar-refractivity contribution >= 4 is 22.9 Å². The molecule has 0 N–H and O–H groups in total. The molecular weight excluding hydrogens is 218 g/mol. The molecule has 0 saturated carbocycles. The lowest BCUT2D eigenvalue weighted by Gasteiger charge is -1.98. The van der Waals surface area contributed by atoms with Crippen molar-refractivity contribution in [3.8, 4) is 10.6 Å². The number of aryl methyl sites for hydroxylation is 2. The lowest BCUT2D eigenvalue weighted by atomic mass is 10.3. The summed E-state index contributed by atoms with van der Waals surface area (Å²) >= 11 is 7.44. The second kappa shape index (κ2) is 3.63. The van der Waals surface area contributed by atoms with E-state index in [1.807, 2.05) is 13.8 Å². The van der Waals surface area contributed by atoms with Crippen LogP contribution < -0.4 is 0 Å². The summed E-state index contributed by atoms with van der Waals surface area (Å²) in [4.78, 5) is 13.5. The fourth-order valence-corrected chi connectivity index (χ4v) is 2.10. The highest BCUT2D eigenvalue weighted by atomic mass is 35.5. The van der Waals surface area contributed by atoms with Crippen LogP contribution in [0.1, 0.15) is 10.8 Å². The van der Waals surface area contributed by atoms with Crippen molar-refractivity contribution in [3.63, 3.8) is 0 Å². The quantitative estimate of drug-likeness (QED) is 0.701. The van der Waals surface area contributed by atoms with Gasteiger partial charge in [-0.3, -0.25) is 0 Å². The topological polar surface area (TPSA) is 38.7 Å². The van der Waals surface area contributed by atoms with E-state index in [1.165, 1.54) is 0 Å². The highest BCUT2D eigenvalue weighted by Gasteiger charge is 2.05. The first kappa shape index (κ1) is 9.55. The Bertz CT molecular complexity index is 447. The molecule has 0 spiro atoms. The number of nitrogens with zero attached hydrogens (tertiary/aromatic N) is 3. The molecular formula is C9H8ClN3S. The smallest absolute Gasteiger partial charge is 0.133 e. The van der Waals surface area contributed by atoms with Gasteiger partial charge in [0.2, 0.25) is 0 Å². The molecule has 2 aromatic rings. The molecule has 0 bridgehead atoms. The highest BCUT2D eigenvalue weighted by Crippen LogP contribution is 2.25. The molecule has 0 amide bonds. The van der Waals surface area contributed by atoms with E-state index in [0.29, 0.717) is 11.0 Å². The van der Waals surface area contributed by atoms with Crippen molar-refractivity contribution in [1.29, 1.82) is 0 Å². The van der Waals surface area contributed by atoms with E-state index in [-0.39, 0.29) is 0 Å². The third-order valence-electron chi connectivity index (χ3n) is 1.68. The van der Waals surface area contributed by atoms with Crippen molar-refractivity contribution in [3.05, 3.63) is 28.2 Å². The Labute approximate surface area is 90.8 Å². The molecule has 0 atom stereocenters. The van der Waals surface area contributed by atoms with Gasteiger partial charge in [-0.05, 0) is 13.8 Å². The highest BCUT2D eigenvalue weighted by molar-refractivity contribution is 7.15. The summed E-state index contributed by atoms with van der Waals surface area (Å²) in [6.45, 7) is 3.78. The van der Waals surface area contributed by atoms with Crippen LogP contribution in [0.4, 0.5) is 0 Å². The van der Waals surface area contributed by atoms with Crippen molar-refractivity contribution in [2.45, 2.75) is 13.8 Å². The average Bonchev–Trinajstić information content (AvgIpc) is 2.50. The first-order chi connectivity index (χ1) is 6.65. The van der Waals surface area contributed by atoms with Crippen LogP contribution >= 0.6 is 22.9 Å². The van der Waals surface area contributed by atoms with E-state index >= 15 is 0 Å². The van der Waals surface area contributed by atoms with Gasteiger partial charge in [-0.1, -0.05) is 11.6 Å². The predicted molar refractivity (Wildman–Crippen MR) is 57.6 cm³/mol. The summed E-state index contributed by atoms with van der Waals surface area (Å²) in [7, 11) is 0. The van der Waals surface area contributed by atoms with Gasteiger partial charge in [-0.15, -0.1) is 11.3 Å². The molecule has 0 aliphatic rings. The van der Waals surface area contributed by atoms with Crippen LogP contribution in [0.25, 0.3) is 10.6 Å². The van der Waals surface area contributed by atoms with E-state index in [1.54, 1.807) is 23.6 Å². The maximum atomic E-state index is 5.84. The van der Waals surface area contributed by atoms with Gasteiger partial charge in [0.1, 0.15) is 11.0 Å². The van der Waals surface area contributed by atoms with Crippen LogP contribution in [-0.2, 0) is 0 Å². The minimum absolute atomic E-state index is 0.471. The Balaban J connectivity index is 2.51. The van der Waals surface area contributed by atoms with E-state index in [9.17, 15) is 0 Å². The first-order valence-electron chi connectivity index (χ1n) is 4.09. The molecule has 0 saturated heterocycles. The van der Waals surface area contributed by atoms with Crippen LogP contribution in [0, 0.1) is 13.8 Å². The fourth-order valence-electron chi connectivity index (χ4n) is 1.14. The molecule has 0 aliphatic heterocycles. The third-order valence-corrected chi connectivity index (χ3v) is 2.81. The Kier molecular flexibility index (Phi) is 2.48. The zero-order chi connectivity index (χ0) is 10.1. The number of aromatic nitrogens is 3.